The van der Waals surface area contributed by atoms with Crippen LogP contribution in [0.3, 0.4) is 0 Å². The molecule has 0 aromatic carbocycles. The molecule has 0 bridgehead atoms. The zero-order valence-corrected chi connectivity index (χ0v) is 14.1. The number of aromatic nitrogens is 2. The van der Waals surface area contributed by atoms with Crippen LogP contribution in [0.15, 0.2) is 18.6 Å². The first-order valence-electron chi connectivity index (χ1n) is 9.06. The lowest BCUT2D eigenvalue weighted by molar-refractivity contribution is -0.141. The number of amides is 2. The molecule has 0 unspecified atom stereocenters. The van der Waals surface area contributed by atoms with E-state index in [1.807, 2.05) is 4.90 Å². The Morgan fingerprint density at radius 2 is 2.00 bits per heavy atom. The molecule has 6 nitrogen and oxygen atoms in total. The van der Waals surface area contributed by atoms with E-state index in [0.29, 0.717) is 32.0 Å². The highest BCUT2D eigenvalue weighted by atomic mass is 16.2. The van der Waals surface area contributed by atoms with Crippen LogP contribution < -0.4 is 5.32 Å². The lowest BCUT2D eigenvalue weighted by atomic mass is 9.93. The molecule has 1 atom stereocenters. The molecular formula is C18H26N4O2. The molecule has 0 spiro atoms. The molecule has 24 heavy (non-hydrogen) atoms. The smallest absolute Gasteiger partial charge is 0.225 e. The van der Waals surface area contributed by atoms with Gasteiger partial charge < -0.3 is 10.2 Å². The third-order valence-electron chi connectivity index (χ3n) is 5.17. The normalized spacial score (nSPS) is 22.9. The van der Waals surface area contributed by atoms with Gasteiger partial charge in [0.1, 0.15) is 6.33 Å². The van der Waals surface area contributed by atoms with Crippen molar-refractivity contribution in [1.82, 2.24) is 20.2 Å². The van der Waals surface area contributed by atoms with Crippen LogP contribution in [0.2, 0.25) is 0 Å². The first-order valence-corrected chi connectivity index (χ1v) is 9.06. The zero-order chi connectivity index (χ0) is 16.8. The van der Waals surface area contributed by atoms with Gasteiger partial charge in [-0.25, -0.2) is 9.97 Å². The van der Waals surface area contributed by atoms with E-state index in [-0.39, 0.29) is 17.7 Å². The van der Waals surface area contributed by atoms with Gasteiger partial charge in [0.15, 0.2) is 0 Å². The van der Waals surface area contributed by atoms with E-state index >= 15 is 0 Å². The fourth-order valence-electron chi connectivity index (χ4n) is 3.75. The Bertz CT molecular complexity index is 555. The highest BCUT2D eigenvalue weighted by molar-refractivity contribution is 5.84. The molecule has 0 radical (unpaired) electrons. The van der Waals surface area contributed by atoms with E-state index < -0.39 is 0 Å². The number of nitrogens with zero attached hydrogens (tertiary/aromatic N) is 3. The van der Waals surface area contributed by atoms with Gasteiger partial charge in [-0.3, -0.25) is 9.59 Å². The molecule has 1 saturated carbocycles. The van der Waals surface area contributed by atoms with Gasteiger partial charge in [0.05, 0.1) is 18.2 Å². The fourth-order valence-corrected chi connectivity index (χ4v) is 3.75. The predicted octanol–water partition coefficient (Wildman–Crippen LogP) is 2.05. The lowest BCUT2D eigenvalue weighted by Gasteiger charge is -2.37. The van der Waals surface area contributed by atoms with Gasteiger partial charge in [-0.05, 0) is 25.3 Å². The average molecular weight is 330 g/mol. The van der Waals surface area contributed by atoms with Crippen LogP contribution >= 0.6 is 0 Å². The van der Waals surface area contributed by atoms with Gasteiger partial charge in [0.25, 0.3) is 0 Å². The van der Waals surface area contributed by atoms with Crippen LogP contribution in [0.4, 0.5) is 0 Å². The van der Waals surface area contributed by atoms with Gasteiger partial charge >= 0.3 is 0 Å². The van der Waals surface area contributed by atoms with Crippen LogP contribution in [-0.4, -0.2) is 39.3 Å². The Kier molecular flexibility index (Phi) is 5.77. The minimum absolute atomic E-state index is 0.0275. The van der Waals surface area contributed by atoms with Gasteiger partial charge in [-0.1, -0.05) is 25.7 Å². The van der Waals surface area contributed by atoms with Crippen molar-refractivity contribution >= 4 is 11.8 Å². The number of likely N-dealkylation sites (tertiary alicyclic amines) is 1. The third-order valence-corrected chi connectivity index (χ3v) is 5.17. The third kappa shape index (κ3) is 4.30. The van der Waals surface area contributed by atoms with Crippen molar-refractivity contribution in [2.75, 3.05) is 6.54 Å². The zero-order valence-electron chi connectivity index (χ0n) is 14.1. The maximum Gasteiger partial charge on any atom is 0.225 e. The molecule has 1 N–H and O–H groups in total. The molecular weight excluding hydrogens is 304 g/mol. The molecule has 2 amide bonds. The van der Waals surface area contributed by atoms with E-state index in [4.69, 9.17) is 0 Å². The topological polar surface area (TPSA) is 75.2 Å². The maximum absolute atomic E-state index is 12.5. The predicted molar refractivity (Wildman–Crippen MR) is 89.8 cm³/mol. The number of rotatable bonds is 4. The highest BCUT2D eigenvalue weighted by Gasteiger charge is 2.34. The van der Waals surface area contributed by atoms with Gasteiger partial charge in [-0.2, -0.15) is 0 Å². The summed E-state index contributed by atoms with van der Waals surface area (Å²) >= 11 is 0. The van der Waals surface area contributed by atoms with Crippen LogP contribution in [0, 0.1) is 5.92 Å². The molecule has 6 heteroatoms. The van der Waals surface area contributed by atoms with Crippen molar-refractivity contribution in [1.29, 1.82) is 0 Å². The Balaban J connectivity index is 1.55. The molecule has 1 aliphatic carbocycles. The van der Waals surface area contributed by atoms with Crippen molar-refractivity contribution in [3.63, 3.8) is 0 Å². The molecule has 2 heterocycles. The summed E-state index contributed by atoms with van der Waals surface area (Å²) in [6, 6.07) is 2.13. The standard InChI is InChI=1S/C18H26N4O2/c23-17-8-7-14(12-22(17)16-5-3-1-2-4-6-16)18(24)20-11-15-9-10-19-13-21-15/h9-10,13-14,16H,1-8,11-12H2,(H,20,24)/t14-/m0/s1. The summed E-state index contributed by atoms with van der Waals surface area (Å²) in [6.45, 7) is 0.980. The molecule has 2 fully saturated rings. The number of hydrogen-bond donors (Lipinski definition) is 1. The number of nitrogens with one attached hydrogen (secondary N) is 1. The molecule has 1 saturated heterocycles. The molecule has 1 aromatic heterocycles. The van der Waals surface area contributed by atoms with Crippen molar-refractivity contribution in [3.05, 3.63) is 24.3 Å². The Labute approximate surface area is 143 Å². The second-order valence-electron chi connectivity index (χ2n) is 6.85. The average Bonchev–Trinajstić information content (AvgIpc) is 2.90. The number of piperidine rings is 1. The summed E-state index contributed by atoms with van der Waals surface area (Å²) in [6.07, 6.45) is 11.4. The lowest BCUT2D eigenvalue weighted by Crippen LogP contribution is -2.49. The van der Waals surface area contributed by atoms with E-state index in [2.05, 4.69) is 15.3 Å². The Morgan fingerprint density at radius 1 is 1.21 bits per heavy atom. The van der Waals surface area contributed by atoms with Gasteiger partial charge in [0.2, 0.25) is 11.8 Å². The monoisotopic (exact) mass is 330 g/mol. The maximum atomic E-state index is 12.5. The van der Waals surface area contributed by atoms with E-state index in [0.717, 1.165) is 18.5 Å². The van der Waals surface area contributed by atoms with Gasteiger partial charge in [0, 0.05) is 25.2 Å². The van der Waals surface area contributed by atoms with Crippen LogP contribution in [0.25, 0.3) is 0 Å². The van der Waals surface area contributed by atoms with Gasteiger partial charge in [-0.15, -0.1) is 0 Å². The van der Waals surface area contributed by atoms with Crippen LogP contribution in [0.1, 0.15) is 57.1 Å². The second kappa shape index (κ2) is 8.22. The van der Waals surface area contributed by atoms with E-state index in [1.54, 1.807) is 12.3 Å². The number of carbonyl (C=O) groups excluding carboxylic acids is 2. The first kappa shape index (κ1) is 16.9. The summed E-state index contributed by atoms with van der Waals surface area (Å²) in [4.78, 5) is 34.8. The largest absolute Gasteiger partial charge is 0.350 e. The number of hydrogen-bond acceptors (Lipinski definition) is 4. The fraction of sp³-hybridized carbons (Fsp3) is 0.667. The molecule has 2 aliphatic rings. The summed E-state index contributed by atoms with van der Waals surface area (Å²) in [5, 5.41) is 2.95. The Morgan fingerprint density at radius 3 is 2.71 bits per heavy atom. The molecule has 130 valence electrons. The summed E-state index contributed by atoms with van der Waals surface area (Å²) in [5.41, 5.74) is 0.797. The first-order chi connectivity index (χ1) is 11.7. The quantitative estimate of drug-likeness (QED) is 0.858. The highest BCUT2D eigenvalue weighted by Crippen LogP contribution is 2.27. The van der Waals surface area contributed by atoms with Crippen LogP contribution in [-0.2, 0) is 16.1 Å². The van der Waals surface area contributed by atoms with Crippen molar-refractivity contribution in [2.45, 2.75) is 64.0 Å². The summed E-state index contributed by atoms with van der Waals surface area (Å²) < 4.78 is 0. The minimum Gasteiger partial charge on any atom is -0.350 e. The molecule has 1 aromatic rings. The van der Waals surface area contributed by atoms with E-state index in [1.165, 1.54) is 32.0 Å². The molecule has 3 rings (SSSR count). The summed E-state index contributed by atoms with van der Waals surface area (Å²) in [5.74, 6) is 0.147. The van der Waals surface area contributed by atoms with E-state index in [9.17, 15) is 9.59 Å². The minimum atomic E-state index is -0.104. The number of carbonyl (C=O) groups is 2. The van der Waals surface area contributed by atoms with Crippen molar-refractivity contribution in [3.8, 4) is 0 Å². The van der Waals surface area contributed by atoms with Crippen LogP contribution in [0.5, 0.6) is 0 Å². The van der Waals surface area contributed by atoms with Crippen molar-refractivity contribution in [2.24, 2.45) is 5.92 Å². The Hall–Kier alpha value is -1.98. The molecule has 1 aliphatic heterocycles. The van der Waals surface area contributed by atoms with Crippen molar-refractivity contribution < 1.29 is 9.59 Å². The second-order valence-corrected chi connectivity index (χ2v) is 6.85. The SMILES string of the molecule is O=C(NCc1ccncn1)[C@H]1CCC(=O)N(C2CCCCCC2)C1. The summed E-state index contributed by atoms with van der Waals surface area (Å²) in [7, 11) is 0.